The topological polar surface area (TPSA) is 3.24 Å². The van der Waals surface area contributed by atoms with Gasteiger partial charge in [0.05, 0.1) is 0 Å². The van der Waals surface area contributed by atoms with Gasteiger partial charge < -0.3 is 4.90 Å². The van der Waals surface area contributed by atoms with Crippen molar-refractivity contribution >= 4 is 33.2 Å². The molecule has 0 radical (unpaired) electrons. The first-order chi connectivity index (χ1) is 6.09. The number of hydrogen-bond donors (Lipinski definition) is 0. The molecule has 0 aromatic heterocycles. The third-order valence-electron chi connectivity index (χ3n) is 1.79. The molecule has 1 atom stereocenters. The number of anilines is 1. The Hall–Kier alpha value is -0.210. The van der Waals surface area contributed by atoms with E-state index in [9.17, 15) is 0 Å². The zero-order chi connectivity index (χ0) is 9.84. The minimum absolute atomic E-state index is 0.494. The third-order valence-corrected chi connectivity index (χ3v) is 2.33. The Morgan fingerprint density at radius 3 is 2.38 bits per heavy atom. The van der Waals surface area contributed by atoms with Gasteiger partial charge in [-0.05, 0) is 24.3 Å². The van der Waals surface area contributed by atoms with Crippen molar-refractivity contribution in [2.75, 3.05) is 18.5 Å². The van der Waals surface area contributed by atoms with Crippen LogP contribution in [-0.2, 0) is 0 Å². The smallest absolute Gasteiger partial charge is 0.0407 e. The van der Waals surface area contributed by atoms with Gasteiger partial charge in [0, 0.05) is 29.1 Å². The molecule has 0 saturated carbocycles. The molecular formula is C10H13BrClN. The van der Waals surface area contributed by atoms with Crippen molar-refractivity contribution < 1.29 is 0 Å². The van der Waals surface area contributed by atoms with Crippen molar-refractivity contribution in [2.45, 2.75) is 11.8 Å². The van der Waals surface area contributed by atoms with Crippen molar-refractivity contribution in [1.29, 1.82) is 0 Å². The van der Waals surface area contributed by atoms with E-state index in [2.05, 4.69) is 34.8 Å². The average Bonchev–Trinajstić information content (AvgIpc) is 2.04. The first-order valence-corrected chi connectivity index (χ1v) is 5.49. The number of rotatable bonds is 3. The van der Waals surface area contributed by atoms with Gasteiger partial charge in [-0.2, -0.15) is 0 Å². The first kappa shape index (κ1) is 10.9. The SMILES string of the molecule is CC(Br)CN(C)c1ccc(Cl)cc1. The van der Waals surface area contributed by atoms with Crippen LogP contribution < -0.4 is 4.90 Å². The van der Waals surface area contributed by atoms with E-state index in [-0.39, 0.29) is 0 Å². The van der Waals surface area contributed by atoms with Crippen LogP contribution in [0.1, 0.15) is 6.92 Å². The third kappa shape index (κ3) is 3.57. The van der Waals surface area contributed by atoms with Crippen molar-refractivity contribution in [2.24, 2.45) is 0 Å². The van der Waals surface area contributed by atoms with E-state index in [1.165, 1.54) is 5.69 Å². The molecule has 0 spiro atoms. The van der Waals surface area contributed by atoms with Crippen LogP contribution in [-0.4, -0.2) is 18.4 Å². The van der Waals surface area contributed by atoms with E-state index in [1.54, 1.807) is 0 Å². The summed E-state index contributed by atoms with van der Waals surface area (Å²) in [5.41, 5.74) is 1.19. The highest BCUT2D eigenvalue weighted by molar-refractivity contribution is 9.09. The summed E-state index contributed by atoms with van der Waals surface area (Å²) < 4.78 is 0. The summed E-state index contributed by atoms with van der Waals surface area (Å²) in [6.45, 7) is 3.12. The maximum atomic E-state index is 5.79. The van der Waals surface area contributed by atoms with Gasteiger partial charge in [-0.25, -0.2) is 0 Å². The number of alkyl halides is 1. The molecule has 0 N–H and O–H groups in total. The van der Waals surface area contributed by atoms with E-state index in [0.717, 1.165) is 11.6 Å². The van der Waals surface area contributed by atoms with Crippen molar-refractivity contribution in [1.82, 2.24) is 0 Å². The predicted molar refractivity (Wildman–Crippen MR) is 63.1 cm³/mol. The molecule has 3 heteroatoms. The van der Waals surface area contributed by atoms with Crippen LogP contribution >= 0.6 is 27.5 Å². The molecule has 0 bridgehead atoms. The molecule has 0 aliphatic rings. The molecule has 1 nitrogen and oxygen atoms in total. The molecule has 13 heavy (non-hydrogen) atoms. The maximum Gasteiger partial charge on any atom is 0.0407 e. The Balaban J connectivity index is 2.66. The predicted octanol–water partition coefficient (Wildman–Crippen LogP) is 3.56. The summed E-state index contributed by atoms with van der Waals surface area (Å²) in [5, 5.41) is 0.782. The number of hydrogen-bond acceptors (Lipinski definition) is 1. The highest BCUT2D eigenvalue weighted by Gasteiger charge is 2.03. The average molecular weight is 263 g/mol. The molecule has 1 aromatic carbocycles. The van der Waals surface area contributed by atoms with Crippen LogP contribution in [0.5, 0.6) is 0 Å². The molecule has 0 aliphatic carbocycles. The van der Waals surface area contributed by atoms with E-state index in [1.807, 2.05) is 24.3 Å². The van der Waals surface area contributed by atoms with Crippen LogP contribution in [0.15, 0.2) is 24.3 Å². The molecule has 0 aliphatic heterocycles. The number of nitrogens with zero attached hydrogens (tertiary/aromatic N) is 1. The molecule has 1 unspecified atom stereocenters. The monoisotopic (exact) mass is 261 g/mol. The zero-order valence-electron chi connectivity index (χ0n) is 7.80. The van der Waals surface area contributed by atoms with Gasteiger partial charge in [0.1, 0.15) is 0 Å². The first-order valence-electron chi connectivity index (χ1n) is 4.20. The highest BCUT2D eigenvalue weighted by atomic mass is 79.9. The fraction of sp³-hybridized carbons (Fsp3) is 0.400. The minimum atomic E-state index is 0.494. The van der Waals surface area contributed by atoms with Crippen LogP contribution in [0.4, 0.5) is 5.69 Å². The second-order valence-corrected chi connectivity index (χ2v) is 5.14. The van der Waals surface area contributed by atoms with Crippen molar-refractivity contribution in [3.63, 3.8) is 0 Å². The maximum absolute atomic E-state index is 5.79. The quantitative estimate of drug-likeness (QED) is 0.753. The van der Waals surface area contributed by atoms with E-state index >= 15 is 0 Å². The normalized spacial score (nSPS) is 12.6. The lowest BCUT2D eigenvalue weighted by Crippen LogP contribution is -2.23. The van der Waals surface area contributed by atoms with Gasteiger partial charge in [0.2, 0.25) is 0 Å². The van der Waals surface area contributed by atoms with Gasteiger partial charge in [-0.1, -0.05) is 34.5 Å². The van der Waals surface area contributed by atoms with Crippen molar-refractivity contribution in [3.8, 4) is 0 Å². The fourth-order valence-electron chi connectivity index (χ4n) is 1.18. The lowest BCUT2D eigenvalue weighted by molar-refractivity contribution is 0.877. The molecular weight excluding hydrogens is 249 g/mol. The number of halogens is 2. The molecule has 0 saturated heterocycles. The Morgan fingerprint density at radius 2 is 1.92 bits per heavy atom. The second kappa shape index (κ2) is 4.87. The summed E-state index contributed by atoms with van der Waals surface area (Å²) in [5.74, 6) is 0. The van der Waals surface area contributed by atoms with Gasteiger partial charge >= 0.3 is 0 Å². The fourth-order valence-corrected chi connectivity index (χ4v) is 1.74. The Kier molecular flexibility index (Phi) is 4.07. The molecule has 0 fully saturated rings. The highest BCUT2D eigenvalue weighted by Crippen LogP contribution is 2.17. The van der Waals surface area contributed by atoms with Gasteiger partial charge in [0.15, 0.2) is 0 Å². The summed E-state index contributed by atoms with van der Waals surface area (Å²) >= 11 is 9.31. The van der Waals surface area contributed by atoms with Crippen LogP contribution in [0, 0.1) is 0 Å². The van der Waals surface area contributed by atoms with Gasteiger partial charge in [-0.3, -0.25) is 0 Å². The van der Waals surface area contributed by atoms with Gasteiger partial charge in [-0.15, -0.1) is 0 Å². The standard InChI is InChI=1S/C10H13BrClN/c1-8(11)7-13(2)10-5-3-9(12)4-6-10/h3-6,8H,7H2,1-2H3. The van der Waals surface area contributed by atoms with Crippen LogP contribution in [0.2, 0.25) is 5.02 Å². The molecule has 1 rings (SSSR count). The van der Waals surface area contributed by atoms with E-state index < -0.39 is 0 Å². The Bertz CT molecular complexity index is 258. The molecule has 0 heterocycles. The second-order valence-electron chi connectivity index (χ2n) is 3.14. The Labute approximate surface area is 92.8 Å². The molecule has 0 amide bonds. The van der Waals surface area contributed by atoms with Crippen LogP contribution in [0.3, 0.4) is 0 Å². The van der Waals surface area contributed by atoms with Crippen molar-refractivity contribution in [3.05, 3.63) is 29.3 Å². The Morgan fingerprint density at radius 1 is 1.38 bits per heavy atom. The van der Waals surface area contributed by atoms with Crippen LogP contribution in [0.25, 0.3) is 0 Å². The zero-order valence-corrected chi connectivity index (χ0v) is 10.1. The largest absolute Gasteiger partial charge is 0.373 e. The minimum Gasteiger partial charge on any atom is -0.373 e. The molecule has 1 aromatic rings. The van der Waals surface area contributed by atoms with E-state index in [0.29, 0.717) is 4.83 Å². The van der Waals surface area contributed by atoms with Gasteiger partial charge in [0.25, 0.3) is 0 Å². The summed E-state index contributed by atoms with van der Waals surface area (Å²) in [7, 11) is 2.07. The lowest BCUT2D eigenvalue weighted by atomic mass is 10.3. The summed E-state index contributed by atoms with van der Waals surface area (Å²) in [6, 6.07) is 7.87. The summed E-state index contributed by atoms with van der Waals surface area (Å²) in [6.07, 6.45) is 0. The number of benzene rings is 1. The lowest BCUT2D eigenvalue weighted by Gasteiger charge is -2.20. The molecule has 72 valence electrons. The van der Waals surface area contributed by atoms with E-state index in [4.69, 9.17) is 11.6 Å². The summed E-state index contributed by atoms with van der Waals surface area (Å²) in [4.78, 5) is 2.68.